The minimum atomic E-state index is -1.57. The van der Waals surface area contributed by atoms with Gasteiger partial charge in [0.25, 0.3) is 0 Å². The van der Waals surface area contributed by atoms with Crippen LogP contribution >= 0.6 is 15.9 Å². The normalized spacial score (nSPS) is 11.8. The van der Waals surface area contributed by atoms with Crippen LogP contribution < -0.4 is 5.19 Å². The van der Waals surface area contributed by atoms with E-state index in [0.717, 1.165) is 23.3 Å². The van der Waals surface area contributed by atoms with Gasteiger partial charge < -0.3 is 0 Å². The summed E-state index contributed by atoms with van der Waals surface area (Å²) in [6.07, 6.45) is 0. The van der Waals surface area contributed by atoms with E-state index in [1.165, 1.54) is 0 Å². The zero-order valence-electron chi connectivity index (χ0n) is 9.61. The minimum absolute atomic E-state index is 0.0327. The molecule has 1 aromatic rings. The summed E-state index contributed by atoms with van der Waals surface area (Å²) in [5.74, 6) is -0.0327. The van der Waals surface area contributed by atoms with Crippen molar-refractivity contribution in [1.29, 1.82) is 0 Å². The molecule has 84 valence electrons. The first-order valence-electron chi connectivity index (χ1n) is 5.55. The van der Waals surface area contributed by atoms with Crippen LogP contribution in [-0.4, -0.2) is 8.07 Å². The third kappa shape index (κ3) is 2.34. The Kier molecular flexibility index (Phi) is 4.53. The van der Waals surface area contributed by atoms with Crippen LogP contribution in [0.4, 0.5) is 4.39 Å². The van der Waals surface area contributed by atoms with Crippen molar-refractivity contribution in [1.82, 2.24) is 0 Å². The van der Waals surface area contributed by atoms with E-state index in [0.29, 0.717) is 4.47 Å². The van der Waals surface area contributed by atoms with Crippen molar-refractivity contribution in [2.75, 3.05) is 0 Å². The lowest BCUT2D eigenvalue weighted by atomic mass is 10.3. The second-order valence-electron chi connectivity index (χ2n) is 3.94. The fraction of sp³-hybridized carbons (Fsp3) is 0.500. The van der Waals surface area contributed by atoms with E-state index >= 15 is 0 Å². The molecule has 0 spiro atoms. The number of halogens is 2. The monoisotopic (exact) mass is 288 g/mol. The molecule has 0 saturated heterocycles. The molecule has 0 amide bonds. The molecular weight excluding hydrogens is 271 g/mol. The highest BCUT2D eigenvalue weighted by Gasteiger charge is 2.32. The summed E-state index contributed by atoms with van der Waals surface area (Å²) in [7, 11) is -1.57. The maximum absolute atomic E-state index is 14.0. The molecule has 0 saturated carbocycles. The Bertz CT molecular complexity index is 326. The standard InChI is InChI=1S/C12H18BrFSi/c1-4-15(5-2,6-3)11-9-7-8-10(13)12(11)14/h7-9H,4-6H2,1-3H3. The smallest absolute Gasteiger partial charge is 0.136 e. The summed E-state index contributed by atoms with van der Waals surface area (Å²) in [5.41, 5.74) is 0. The van der Waals surface area contributed by atoms with Crippen molar-refractivity contribution in [3.05, 3.63) is 28.5 Å². The Balaban J connectivity index is 3.28. The summed E-state index contributed by atoms with van der Waals surface area (Å²) in [5, 5.41) is 0.990. The lowest BCUT2D eigenvalue weighted by Crippen LogP contribution is -2.47. The molecule has 1 aromatic carbocycles. The number of rotatable bonds is 4. The van der Waals surface area contributed by atoms with Crippen molar-refractivity contribution >= 4 is 29.2 Å². The highest BCUT2D eigenvalue weighted by molar-refractivity contribution is 9.10. The van der Waals surface area contributed by atoms with Gasteiger partial charge in [-0.2, -0.15) is 0 Å². The Morgan fingerprint density at radius 2 is 1.67 bits per heavy atom. The van der Waals surface area contributed by atoms with Crippen LogP contribution in [0.15, 0.2) is 22.7 Å². The van der Waals surface area contributed by atoms with Crippen LogP contribution in [0.25, 0.3) is 0 Å². The van der Waals surface area contributed by atoms with Crippen molar-refractivity contribution in [3.63, 3.8) is 0 Å². The highest BCUT2D eigenvalue weighted by Crippen LogP contribution is 2.24. The van der Waals surface area contributed by atoms with Gasteiger partial charge in [-0.1, -0.05) is 51.0 Å². The average Bonchev–Trinajstić information content (AvgIpc) is 2.27. The molecule has 1 rings (SSSR count). The third-order valence-corrected chi connectivity index (χ3v) is 9.76. The molecule has 0 aromatic heterocycles. The van der Waals surface area contributed by atoms with Gasteiger partial charge in [0.05, 0.1) is 12.5 Å². The molecule has 0 radical (unpaired) electrons. The minimum Gasteiger partial charge on any atom is -0.206 e. The maximum atomic E-state index is 14.0. The van der Waals surface area contributed by atoms with Gasteiger partial charge in [0.2, 0.25) is 0 Å². The molecule has 0 fully saturated rings. The van der Waals surface area contributed by atoms with E-state index in [2.05, 4.69) is 36.7 Å². The first-order valence-corrected chi connectivity index (χ1v) is 8.97. The fourth-order valence-electron chi connectivity index (χ4n) is 2.23. The molecule has 0 atom stereocenters. The first-order chi connectivity index (χ1) is 7.11. The second-order valence-corrected chi connectivity index (χ2v) is 10.0. The number of hydrogen-bond acceptors (Lipinski definition) is 0. The largest absolute Gasteiger partial charge is 0.206 e. The Morgan fingerprint density at radius 3 is 2.13 bits per heavy atom. The van der Waals surface area contributed by atoms with Crippen molar-refractivity contribution in [2.45, 2.75) is 38.9 Å². The summed E-state index contributed by atoms with van der Waals surface area (Å²) in [6.45, 7) is 6.58. The summed E-state index contributed by atoms with van der Waals surface area (Å²) < 4.78 is 14.6. The predicted molar refractivity (Wildman–Crippen MR) is 70.9 cm³/mol. The summed E-state index contributed by atoms with van der Waals surface area (Å²) in [4.78, 5) is 0. The quantitative estimate of drug-likeness (QED) is 0.725. The van der Waals surface area contributed by atoms with Crippen molar-refractivity contribution < 1.29 is 4.39 Å². The topological polar surface area (TPSA) is 0 Å². The molecule has 0 heterocycles. The van der Waals surface area contributed by atoms with E-state index in [1.807, 2.05) is 12.1 Å². The van der Waals surface area contributed by atoms with Gasteiger partial charge >= 0.3 is 0 Å². The first kappa shape index (κ1) is 12.9. The molecule has 0 bridgehead atoms. The highest BCUT2D eigenvalue weighted by atomic mass is 79.9. The van der Waals surface area contributed by atoms with Crippen molar-refractivity contribution in [3.8, 4) is 0 Å². The lowest BCUT2D eigenvalue weighted by molar-refractivity contribution is 0.628. The zero-order valence-corrected chi connectivity index (χ0v) is 12.2. The van der Waals surface area contributed by atoms with Crippen LogP contribution in [0.2, 0.25) is 18.1 Å². The van der Waals surface area contributed by atoms with Gasteiger partial charge in [-0.15, -0.1) is 0 Å². The average molecular weight is 289 g/mol. The van der Waals surface area contributed by atoms with Gasteiger partial charge in [-0.3, -0.25) is 0 Å². The van der Waals surface area contributed by atoms with Crippen LogP contribution in [-0.2, 0) is 0 Å². The van der Waals surface area contributed by atoms with E-state index < -0.39 is 8.07 Å². The number of benzene rings is 1. The van der Waals surface area contributed by atoms with Gasteiger partial charge in [-0.05, 0) is 27.2 Å². The van der Waals surface area contributed by atoms with Gasteiger partial charge in [0, 0.05) is 0 Å². The van der Waals surface area contributed by atoms with Gasteiger partial charge in [0.1, 0.15) is 5.82 Å². The fourth-order valence-corrected chi connectivity index (χ4v) is 6.48. The maximum Gasteiger partial charge on any atom is 0.136 e. The zero-order chi connectivity index (χ0) is 11.5. The Morgan fingerprint density at radius 1 is 1.13 bits per heavy atom. The van der Waals surface area contributed by atoms with E-state index in [4.69, 9.17) is 0 Å². The van der Waals surface area contributed by atoms with Crippen LogP contribution in [0.3, 0.4) is 0 Å². The SMILES string of the molecule is CC[Si](CC)(CC)c1cccc(Br)c1F. The van der Waals surface area contributed by atoms with Crippen LogP contribution in [0.5, 0.6) is 0 Å². The summed E-state index contributed by atoms with van der Waals surface area (Å²) >= 11 is 3.27. The Labute approximate surface area is 101 Å². The van der Waals surface area contributed by atoms with Gasteiger partial charge in [0.15, 0.2) is 0 Å². The molecular formula is C12H18BrFSi. The summed E-state index contributed by atoms with van der Waals surface area (Å²) in [6, 6.07) is 9.06. The lowest BCUT2D eigenvalue weighted by Gasteiger charge is -2.29. The third-order valence-electron chi connectivity index (χ3n) is 3.55. The number of hydrogen-bond donors (Lipinski definition) is 0. The molecule has 0 aliphatic heterocycles. The van der Waals surface area contributed by atoms with Gasteiger partial charge in [-0.25, -0.2) is 4.39 Å². The molecule has 0 unspecified atom stereocenters. The van der Waals surface area contributed by atoms with E-state index in [-0.39, 0.29) is 5.82 Å². The molecule has 15 heavy (non-hydrogen) atoms. The predicted octanol–water partition coefficient (Wildman–Crippen LogP) is 4.30. The molecule has 0 aliphatic carbocycles. The van der Waals surface area contributed by atoms with Crippen LogP contribution in [0.1, 0.15) is 20.8 Å². The molecule has 0 nitrogen and oxygen atoms in total. The second kappa shape index (κ2) is 5.26. The van der Waals surface area contributed by atoms with E-state index in [1.54, 1.807) is 6.07 Å². The van der Waals surface area contributed by atoms with E-state index in [9.17, 15) is 4.39 Å². The van der Waals surface area contributed by atoms with Crippen LogP contribution in [0, 0.1) is 5.82 Å². The Hall–Kier alpha value is -0.153. The molecule has 0 N–H and O–H groups in total. The van der Waals surface area contributed by atoms with Crippen molar-refractivity contribution in [2.24, 2.45) is 0 Å². The molecule has 3 heteroatoms. The molecule has 0 aliphatic rings.